The zero-order chi connectivity index (χ0) is 16.9. The second-order valence-corrected chi connectivity index (χ2v) is 5.62. The highest BCUT2D eigenvalue weighted by atomic mass is 32.2. The third-order valence-corrected chi connectivity index (χ3v) is 3.81. The molecule has 0 aliphatic carbocycles. The molecule has 0 saturated carbocycles. The molecule has 1 aromatic heterocycles. The summed E-state index contributed by atoms with van der Waals surface area (Å²) in [4.78, 5) is 20.1. The fraction of sp³-hybridized carbons (Fsp3) is 0.0556. The van der Waals surface area contributed by atoms with Gasteiger partial charge in [-0.1, -0.05) is 54.2 Å². The van der Waals surface area contributed by atoms with E-state index >= 15 is 0 Å². The summed E-state index contributed by atoms with van der Waals surface area (Å²) in [6.45, 7) is 0. The van der Waals surface area contributed by atoms with Gasteiger partial charge >= 0.3 is 5.97 Å². The maximum atomic E-state index is 11.3. The Morgan fingerprint density at radius 3 is 2.46 bits per heavy atom. The number of hydrogen-bond acceptors (Lipinski definition) is 5. The van der Waals surface area contributed by atoms with E-state index in [9.17, 15) is 9.90 Å². The summed E-state index contributed by atoms with van der Waals surface area (Å²) in [5.74, 6) is -0.496. The lowest BCUT2D eigenvalue weighted by molar-refractivity contribution is 0.0694. The van der Waals surface area contributed by atoms with Crippen LogP contribution in [0.4, 0.5) is 0 Å². The Hall–Kier alpha value is -2.86. The zero-order valence-corrected chi connectivity index (χ0v) is 13.7. The summed E-state index contributed by atoms with van der Waals surface area (Å²) in [6, 6.07) is 17.8. The Morgan fingerprint density at radius 2 is 1.75 bits per heavy atom. The lowest BCUT2D eigenvalue weighted by Crippen LogP contribution is -2.01. The van der Waals surface area contributed by atoms with Gasteiger partial charge in [-0.05, 0) is 18.4 Å². The average Bonchev–Trinajstić information content (AvgIpc) is 2.62. The summed E-state index contributed by atoms with van der Waals surface area (Å²) in [6.07, 6.45) is 1.87. The number of carboxylic acid groups (broad SMARTS) is 1. The molecule has 0 aliphatic heterocycles. The molecule has 2 aromatic carbocycles. The molecule has 0 bridgehead atoms. The Labute approximate surface area is 143 Å². The fourth-order valence-corrected chi connectivity index (χ4v) is 2.52. The van der Waals surface area contributed by atoms with E-state index in [0.717, 1.165) is 11.3 Å². The van der Waals surface area contributed by atoms with Gasteiger partial charge in [0.1, 0.15) is 11.3 Å². The first-order chi connectivity index (χ1) is 11.7. The standard InChI is InChI=1S/C18H14N2O3S/c1-24-18-19-14(12-7-3-2-4-8-12)11-16(20-18)23-15-10-6-5-9-13(15)17(21)22/h2-11H,1H3,(H,21,22). The van der Waals surface area contributed by atoms with Crippen molar-refractivity contribution in [1.82, 2.24) is 9.97 Å². The number of benzene rings is 2. The Bertz CT molecular complexity index is 869. The molecule has 6 heteroatoms. The van der Waals surface area contributed by atoms with Crippen LogP contribution in [0.2, 0.25) is 0 Å². The largest absolute Gasteiger partial charge is 0.478 e. The van der Waals surface area contributed by atoms with Crippen LogP contribution >= 0.6 is 11.8 Å². The Kier molecular flexibility index (Phi) is 4.77. The molecule has 0 saturated heterocycles. The molecule has 5 nitrogen and oxygen atoms in total. The van der Waals surface area contributed by atoms with Crippen molar-refractivity contribution < 1.29 is 14.6 Å². The van der Waals surface area contributed by atoms with Gasteiger partial charge in [0.2, 0.25) is 5.88 Å². The minimum atomic E-state index is -1.05. The molecular weight excluding hydrogens is 324 g/mol. The van der Waals surface area contributed by atoms with Crippen molar-refractivity contribution in [3.8, 4) is 22.9 Å². The molecular formula is C18H14N2O3S. The van der Waals surface area contributed by atoms with E-state index in [4.69, 9.17) is 4.74 Å². The second kappa shape index (κ2) is 7.14. The number of hydrogen-bond donors (Lipinski definition) is 1. The smallest absolute Gasteiger partial charge is 0.339 e. The van der Waals surface area contributed by atoms with Crippen molar-refractivity contribution >= 4 is 17.7 Å². The van der Waals surface area contributed by atoms with Crippen LogP contribution in [0, 0.1) is 0 Å². The summed E-state index contributed by atoms with van der Waals surface area (Å²) < 4.78 is 5.73. The van der Waals surface area contributed by atoms with Crippen molar-refractivity contribution in [2.45, 2.75) is 5.16 Å². The minimum absolute atomic E-state index is 0.0862. The monoisotopic (exact) mass is 338 g/mol. The second-order valence-electron chi connectivity index (χ2n) is 4.85. The lowest BCUT2D eigenvalue weighted by atomic mass is 10.1. The van der Waals surface area contributed by atoms with Crippen LogP contribution in [0.3, 0.4) is 0 Å². The van der Waals surface area contributed by atoms with Gasteiger partial charge in [-0.2, -0.15) is 4.98 Å². The van der Waals surface area contributed by atoms with E-state index in [1.165, 1.54) is 17.8 Å². The van der Waals surface area contributed by atoms with E-state index in [1.54, 1.807) is 24.3 Å². The molecule has 0 atom stereocenters. The van der Waals surface area contributed by atoms with E-state index < -0.39 is 5.97 Å². The molecule has 0 spiro atoms. The van der Waals surface area contributed by atoms with Crippen molar-refractivity contribution in [2.75, 3.05) is 6.26 Å². The van der Waals surface area contributed by atoms with Crippen molar-refractivity contribution in [2.24, 2.45) is 0 Å². The molecule has 0 unspecified atom stereocenters. The van der Waals surface area contributed by atoms with Gasteiger partial charge in [0.15, 0.2) is 5.16 Å². The minimum Gasteiger partial charge on any atom is -0.478 e. The van der Waals surface area contributed by atoms with Crippen molar-refractivity contribution in [1.29, 1.82) is 0 Å². The fourth-order valence-electron chi connectivity index (χ4n) is 2.15. The van der Waals surface area contributed by atoms with E-state index in [2.05, 4.69) is 9.97 Å². The molecule has 1 heterocycles. The highest BCUT2D eigenvalue weighted by Crippen LogP contribution is 2.28. The zero-order valence-electron chi connectivity index (χ0n) is 12.8. The highest BCUT2D eigenvalue weighted by Gasteiger charge is 2.13. The van der Waals surface area contributed by atoms with Crippen LogP contribution in [0.5, 0.6) is 11.6 Å². The number of carboxylic acids is 1. The van der Waals surface area contributed by atoms with Crippen molar-refractivity contribution in [3.63, 3.8) is 0 Å². The Morgan fingerprint density at radius 1 is 1.04 bits per heavy atom. The van der Waals surface area contributed by atoms with Gasteiger partial charge in [0.05, 0.1) is 5.69 Å². The number of ether oxygens (including phenoxy) is 1. The SMILES string of the molecule is CSc1nc(Oc2ccccc2C(=O)O)cc(-c2ccccc2)n1. The van der Waals surface area contributed by atoms with Crippen LogP contribution < -0.4 is 4.74 Å². The number of aromatic nitrogens is 2. The predicted molar refractivity (Wildman–Crippen MR) is 92.7 cm³/mol. The average molecular weight is 338 g/mol. The van der Waals surface area contributed by atoms with Crippen LogP contribution in [0.1, 0.15) is 10.4 Å². The first-order valence-corrected chi connectivity index (χ1v) is 8.38. The van der Waals surface area contributed by atoms with E-state index in [-0.39, 0.29) is 11.3 Å². The first-order valence-electron chi connectivity index (χ1n) is 7.16. The van der Waals surface area contributed by atoms with Gasteiger partial charge < -0.3 is 9.84 Å². The maximum absolute atomic E-state index is 11.3. The molecule has 24 heavy (non-hydrogen) atoms. The van der Waals surface area contributed by atoms with Gasteiger partial charge in [-0.25, -0.2) is 9.78 Å². The molecule has 0 radical (unpaired) electrons. The number of para-hydroxylation sites is 1. The number of thioether (sulfide) groups is 1. The molecule has 3 rings (SSSR count). The summed E-state index contributed by atoms with van der Waals surface area (Å²) in [5, 5.41) is 9.81. The van der Waals surface area contributed by atoms with Crippen LogP contribution in [0.15, 0.2) is 65.8 Å². The first kappa shape index (κ1) is 16.0. The highest BCUT2D eigenvalue weighted by molar-refractivity contribution is 7.98. The van der Waals surface area contributed by atoms with Gasteiger partial charge in [0.25, 0.3) is 0 Å². The van der Waals surface area contributed by atoms with E-state index in [0.29, 0.717) is 11.0 Å². The number of rotatable bonds is 5. The lowest BCUT2D eigenvalue weighted by Gasteiger charge is -2.10. The quantitative estimate of drug-likeness (QED) is 0.550. The van der Waals surface area contributed by atoms with Crippen LogP contribution in [-0.4, -0.2) is 27.3 Å². The van der Waals surface area contributed by atoms with Crippen LogP contribution in [-0.2, 0) is 0 Å². The molecule has 120 valence electrons. The van der Waals surface area contributed by atoms with Gasteiger partial charge in [0, 0.05) is 11.6 Å². The normalized spacial score (nSPS) is 10.4. The molecule has 0 aliphatic rings. The number of aromatic carboxylic acids is 1. The third-order valence-electron chi connectivity index (χ3n) is 3.27. The molecule has 3 aromatic rings. The third kappa shape index (κ3) is 3.55. The van der Waals surface area contributed by atoms with E-state index in [1.807, 2.05) is 36.6 Å². The summed E-state index contributed by atoms with van der Waals surface area (Å²) >= 11 is 1.39. The number of carbonyl (C=O) groups is 1. The molecule has 0 fully saturated rings. The van der Waals surface area contributed by atoms with Crippen LogP contribution in [0.25, 0.3) is 11.3 Å². The molecule has 1 N–H and O–H groups in total. The topological polar surface area (TPSA) is 72.3 Å². The summed E-state index contributed by atoms with van der Waals surface area (Å²) in [7, 11) is 0. The maximum Gasteiger partial charge on any atom is 0.339 e. The summed E-state index contributed by atoms with van der Waals surface area (Å²) in [5.41, 5.74) is 1.74. The Balaban J connectivity index is 2.01. The molecule has 0 amide bonds. The predicted octanol–water partition coefficient (Wildman–Crippen LogP) is 4.36. The number of nitrogens with zero attached hydrogens (tertiary/aromatic N) is 2. The van der Waals surface area contributed by atoms with Crippen molar-refractivity contribution in [3.05, 3.63) is 66.2 Å². The van der Waals surface area contributed by atoms with Gasteiger partial charge in [-0.15, -0.1) is 0 Å². The van der Waals surface area contributed by atoms with Gasteiger partial charge in [-0.3, -0.25) is 0 Å².